The van der Waals surface area contributed by atoms with Crippen molar-refractivity contribution in [2.75, 3.05) is 0 Å². The normalized spacial score (nSPS) is 14.9. The Morgan fingerprint density at radius 3 is 2.69 bits per heavy atom. The summed E-state index contributed by atoms with van der Waals surface area (Å²) in [5.41, 5.74) is 2.07. The summed E-state index contributed by atoms with van der Waals surface area (Å²) in [7, 11) is 0. The molecule has 0 aromatic carbocycles. The molecule has 0 bridgehead atoms. The lowest BCUT2D eigenvalue weighted by Gasteiger charge is -2.18. The van der Waals surface area contributed by atoms with E-state index < -0.39 is 11.4 Å². The fourth-order valence-electron chi connectivity index (χ4n) is 1.59. The first-order chi connectivity index (χ1) is 7.43. The first-order valence-corrected chi connectivity index (χ1v) is 6.26. The molecular formula is C11H14N2O2S. The van der Waals surface area contributed by atoms with Crippen molar-refractivity contribution in [1.29, 1.82) is 0 Å². The van der Waals surface area contributed by atoms with Gasteiger partial charge in [0.05, 0.1) is 5.69 Å². The summed E-state index contributed by atoms with van der Waals surface area (Å²) in [6.45, 7) is 5.20. The molecule has 16 heavy (non-hydrogen) atoms. The summed E-state index contributed by atoms with van der Waals surface area (Å²) in [6.07, 6.45) is 0. The zero-order valence-electron chi connectivity index (χ0n) is 9.57. The Hall–Kier alpha value is -1.10. The Bertz CT molecular complexity index is 458. The molecule has 0 amide bonds. The van der Waals surface area contributed by atoms with E-state index in [1.807, 2.05) is 6.92 Å². The van der Waals surface area contributed by atoms with E-state index in [4.69, 9.17) is 5.11 Å². The smallest absolute Gasteiger partial charge is 0.316 e. The zero-order chi connectivity index (χ0) is 11.9. The first-order valence-electron chi connectivity index (χ1n) is 5.11. The molecule has 2 rings (SSSR count). The predicted molar refractivity (Wildman–Crippen MR) is 62.4 cm³/mol. The van der Waals surface area contributed by atoms with Crippen molar-refractivity contribution in [3.63, 3.8) is 0 Å². The topological polar surface area (TPSA) is 63.1 Å². The van der Waals surface area contributed by atoms with Gasteiger partial charge in [-0.05, 0) is 20.8 Å². The molecule has 0 saturated carbocycles. The van der Waals surface area contributed by atoms with E-state index in [1.165, 1.54) is 5.56 Å². The molecule has 0 unspecified atom stereocenters. The number of nitrogens with zero attached hydrogens (tertiary/aromatic N) is 2. The lowest BCUT2D eigenvalue weighted by atomic mass is 9.92. The SMILES string of the molecule is Cc1nc(C(C)(C)C(=O)O)nc2c1CSC2. The fraction of sp³-hybridized carbons (Fsp3) is 0.545. The van der Waals surface area contributed by atoms with Crippen molar-refractivity contribution in [2.24, 2.45) is 0 Å². The average molecular weight is 238 g/mol. The van der Waals surface area contributed by atoms with Crippen LogP contribution in [0, 0.1) is 6.92 Å². The maximum Gasteiger partial charge on any atom is 0.316 e. The van der Waals surface area contributed by atoms with Crippen LogP contribution in [0.25, 0.3) is 0 Å². The summed E-state index contributed by atoms with van der Waals surface area (Å²) in [6, 6.07) is 0. The van der Waals surface area contributed by atoms with Gasteiger partial charge in [0.1, 0.15) is 11.2 Å². The lowest BCUT2D eigenvalue weighted by molar-refractivity contribution is -0.142. The third kappa shape index (κ3) is 1.69. The highest BCUT2D eigenvalue weighted by atomic mass is 32.2. The van der Waals surface area contributed by atoms with Crippen molar-refractivity contribution in [3.8, 4) is 0 Å². The molecular weight excluding hydrogens is 224 g/mol. The van der Waals surface area contributed by atoms with Crippen LogP contribution in [0.5, 0.6) is 0 Å². The highest BCUT2D eigenvalue weighted by Crippen LogP contribution is 2.32. The van der Waals surface area contributed by atoms with Crippen LogP contribution in [-0.4, -0.2) is 21.0 Å². The number of carboxylic acid groups (broad SMARTS) is 1. The van der Waals surface area contributed by atoms with Crippen molar-refractivity contribution >= 4 is 17.7 Å². The predicted octanol–water partition coefficient (Wildman–Crippen LogP) is 1.89. The third-order valence-electron chi connectivity index (χ3n) is 2.88. The Morgan fingerprint density at radius 2 is 2.06 bits per heavy atom. The number of rotatable bonds is 2. The van der Waals surface area contributed by atoms with Crippen LogP contribution in [0.1, 0.15) is 36.6 Å². The van der Waals surface area contributed by atoms with Gasteiger partial charge in [-0.2, -0.15) is 11.8 Å². The number of thioether (sulfide) groups is 1. The standard InChI is InChI=1S/C11H14N2O2S/c1-6-7-4-16-5-8(7)13-9(12-6)11(2,3)10(14)15/h4-5H2,1-3H3,(H,14,15). The highest BCUT2D eigenvalue weighted by Gasteiger charge is 2.34. The van der Waals surface area contributed by atoms with Crippen LogP contribution in [0.2, 0.25) is 0 Å². The van der Waals surface area contributed by atoms with Crippen LogP contribution in [0.15, 0.2) is 0 Å². The first kappa shape index (κ1) is 11.4. The minimum absolute atomic E-state index is 0.416. The number of fused-ring (bicyclic) bond motifs is 1. The maximum absolute atomic E-state index is 11.1. The summed E-state index contributed by atoms with van der Waals surface area (Å²) in [4.78, 5) is 19.9. The number of hydrogen-bond donors (Lipinski definition) is 1. The molecule has 2 heterocycles. The lowest BCUT2D eigenvalue weighted by Crippen LogP contribution is -2.31. The summed E-state index contributed by atoms with van der Waals surface area (Å²) >= 11 is 1.79. The number of hydrogen-bond acceptors (Lipinski definition) is 4. The van der Waals surface area contributed by atoms with E-state index in [0.29, 0.717) is 5.82 Å². The van der Waals surface area contributed by atoms with Crippen molar-refractivity contribution in [3.05, 3.63) is 22.8 Å². The minimum atomic E-state index is -1.02. The van der Waals surface area contributed by atoms with Gasteiger partial charge in [-0.3, -0.25) is 4.79 Å². The molecule has 4 nitrogen and oxygen atoms in total. The van der Waals surface area contributed by atoms with E-state index in [0.717, 1.165) is 22.9 Å². The largest absolute Gasteiger partial charge is 0.481 e. The van der Waals surface area contributed by atoms with E-state index in [2.05, 4.69) is 9.97 Å². The van der Waals surface area contributed by atoms with Crippen LogP contribution >= 0.6 is 11.8 Å². The Labute approximate surface area is 98.5 Å². The number of aliphatic carboxylic acids is 1. The summed E-state index contributed by atoms with van der Waals surface area (Å²) < 4.78 is 0. The maximum atomic E-state index is 11.1. The molecule has 0 fully saturated rings. The van der Waals surface area contributed by atoms with Gasteiger partial charge in [-0.25, -0.2) is 9.97 Å². The summed E-state index contributed by atoms with van der Waals surface area (Å²) in [5, 5.41) is 9.15. The molecule has 1 N–H and O–H groups in total. The molecule has 0 atom stereocenters. The van der Waals surface area contributed by atoms with E-state index >= 15 is 0 Å². The van der Waals surface area contributed by atoms with E-state index in [-0.39, 0.29) is 0 Å². The monoisotopic (exact) mass is 238 g/mol. The molecule has 1 aliphatic rings. The van der Waals surface area contributed by atoms with Gasteiger partial charge >= 0.3 is 5.97 Å². The van der Waals surface area contributed by atoms with Gasteiger partial charge in [0.2, 0.25) is 0 Å². The minimum Gasteiger partial charge on any atom is -0.481 e. The molecule has 0 radical (unpaired) electrons. The van der Waals surface area contributed by atoms with Gasteiger partial charge in [0.25, 0.3) is 0 Å². The van der Waals surface area contributed by atoms with Crippen LogP contribution in [0.3, 0.4) is 0 Å². The summed E-state index contributed by atoms with van der Waals surface area (Å²) in [5.74, 6) is 1.33. The molecule has 5 heteroatoms. The second-order valence-electron chi connectivity index (χ2n) is 4.48. The van der Waals surface area contributed by atoms with E-state index in [9.17, 15) is 4.79 Å². The Kier molecular flexibility index (Phi) is 2.66. The van der Waals surface area contributed by atoms with Gasteiger partial charge in [-0.1, -0.05) is 0 Å². The number of carboxylic acids is 1. The van der Waals surface area contributed by atoms with Gasteiger partial charge < -0.3 is 5.11 Å². The second kappa shape index (κ2) is 3.73. The van der Waals surface area contributed by atoms with Crippen LogP contribution in [-0.2, 0) is 21.7 Å². The van der Waals surface area contributed by atoms with Crippen molar-refractivity contribution in [2.45, 2.75) is 37.7 Å². The second-order valence-corrected chi connectivity index (χ2v) is 5.47. The fourth-order valence-corrected chi connectivity index (χ4v) is 2.70. The number of aryl methyl sites for hydroxylation is 1. The van der Waals surface area contributed by atoms with Crippen molar-refractivity contribution in [1.82, 2.24) is 9.97 Å². The van der Waals surface area contributed by atoms with Crippen molar-refractivity contribution < 1.29 is 9.90 Å². The van der Waals surface area contributed by atoms with E-state index in [1.54, 1.807) is 25.6 Å². The molecule has 1 aromatic rings. The van der Waals surface area contributed by atoms with Gasteiger partial charge in [-0.15, -0.1) is 0 Å². The molecule has 0 spiro atoms. The number of aromatic nitrogens is 2. The van der Waals surface area contributed by atoms with Crippen LogP contribution in [0.4, 0.5) is 0 Å². The third-order valence-corrected chi connectivity index (χ3v) is 3.85. The molecule has 86 valence electrons. The molecule has 0 aliphatic carbocycles. The average Bonchev–Trinajstić information content (AvgIpc) is 2.65. The van der Waals surface area contributed by atoms with Gasteiger partial charge in [0, 0.05) is 22.8 Å². The zero-order valence-corrected chi connectivity index (χ0v) is 10.4. The van der Waals surface area contributed by atoms with Gasteiger partial charge in [0.15, 0.2) is 0 Å². The van der Waals surface area contributed by atoms with Crippen LogP contribution < -0.4 is 0 Å². The Balaban J connectivity index is 2.52. The Morgan fingerprint density at radius 1 is 1.38 bits per heavy atom. The quantitative estimate of drug-likeness (QED) is 0.852. The molecule has 1 aromatic heterocycles. The molecule has 0 saturated heterocycles. The number of carbonyl (C=O) groups is 1. The highest BCUT2D eigenvalue weighted by molar-refractivity contribution is 7.98. The molecule has 1 aliphatic heterocycles.